The number of nitrogens with one attached hydrogen (secondary N) is 1. The molecule has 0 unspecified atom stereocenters. The van der Waals surface area contributed by atoms with E-state index in [9.17, 15) is 0 Å². The molecule has 1 aromatic heterocycles. The lowest BCUT2D eigenvalue weighted by Crippen LogP contribution is -2.05. The summed E-state index contributed by atoms with van der Waals surface area (Å²) in [5, 5.41) is 11.4. The molecule has 1 saturated carbocycles. The fourth-order valence-electron chi connectivity index (χ4n) is 2.57. The highest BCUT2D eigenvalue weighted by Gasteiger charge is 2.12. The van der Waals surface area contributed by atoms with Crippen molar-refractivity contribution in [2.45, 2.75) is 25.7 Å². The summed E-state index contributed by atoms with van der Waals surface area (Å²) in [6.45, 7) is 1.06. The Bertz CT molecular complexity index is 739. The molecule has 1 aliphatic carbocycles. The van der Waals surface area contributed by atoms with Crippen molar-refractivity contribution < 1.29 is 9.47 Å². The molecule has 8 nitrogen and oxygen atoms in total. The third-order valence-corrected chi connectivity index (χ3v) is 4.05. The summed E-state index contributed by atoms with van der Waals surface area (Å²) in [5.41, 5.74) is 12.5. The Kier molecular flexibility index (Phi) is 8.13. The number of benzene rings is 1. The maximum Gasteiger partial charge on any atom is 0.222 e. The molecule has 8 heteroatoms. The van der Waals surface area contributed by atoms with Crippen LogP contribution >= 0.6 is 0 Å². The second kappa shape index (κ2) is 10.8. The maximum atomic E-state index is 8.32. The van der Waals surface area contributed by atoms with Gasteiger partial charge in [-0.05, 0) is 37.1 Å². The van der Waals surface area contributed by atoms with Gasteiger partial charge in [-0.2, -0.15) is 10.2 Å². The first-order valence-corrected chi connectivity index (χ1v) is 8.88. The van der Waals surface area contributed by atoms with E-state index in [1.54, 1.807) is 7.11 Å². The molecule has 0 atom stereocenters. The predicted octanol–water partition coefficient (Wildman–Crippen LogP) is 3.11. The molecule has 0 bridgehead atoms. The van der Waals surface area contributed by atoms with Crippen LogP contribution in [0.15, 0.2) is 30.5 Å². The van der Waals surface area contributed by atoms with Gasteiger partial charge >= 0.3 is 0 Å². The highest BCUT2D eigenvalue weighted by atomic mass is 16.5. The largest absolute Gasteiger partial charge is 0.491 e. The van der Waals surface area contributed by atoms with Gasteiger partial charge in [-0.15, -0.1) is 0 Å². The highest BCUT2D eigenvalue weighted by Crippen LogP contribution is 2.23. The number of hydrogen-bond acceptors (Lipinski definition) is 8. The van der Waals surface area contributed by atoms with Crippen LogP contribution in [0.4, 0.5) is 23.1 Å². The molecule has 144 valence electrons. The van der Waals surface area contributed by atoms with Gasteiger partial charge in [0.05, 0.1) is 24.6 Å². The summed E-state index contributed by atoms with van der Waals surface area (Å²) >= 11 is 0. The zero-order valence-corrected chi connectivity index (χ0v) is 15.5. The fourth-order valence-corrected chi connectivity index (χ4v) is 2.57. The molecule has 0 aliphatic heterocycles. The summed E-state index contributed by atoms with van der Waals surface area (Å²) < 4.78 is 10.4. The van der Waals surface area contributed by atoms with E-state index in [1.807, 2.05) is 24.3 Å². The first-order chi connectivity index (χ1) is 13.1. The smallest absolute Gasteiger partial charge is 0.222 e. The van der Waals surface area contributed by atoms with Crippen LogP contribution in [0.3, 0.4) is 0 Å². The maximum absolute atomic E-state index is 8.32. The summed E-state index contributed by atoms with van der Waals surface area (Å²) in [6.07, 6.45) is 6.32. The minimum atomic E-state index is 0.168. The standard InChI is InChI=1S/C13H17N5O2.C6H9N/c1-19-6-7-20-10-4-2-9(3-5-10)17-12-11(14)8-16-13(15)18-12;7-5-6-3-1-2-4-6/h2-5,8H,6-7,14H2,1H3,(H3,15,16,17,18);6H,1-4H2. The Morgan fingerprint density at radius 3 is 2.48 bits per heavy atom. The molecule has 0 spiro atoms. The summed E-state index contributed by atoms with van der Waals surface area (Å²) in [6, 6.07) is 9.68. The number of rotatable bonds is 6. The molecule has 0 radical (unpaired) electrons. The average molecular weight is 370 g/mol. The van der Waals surface area contributed by atoms with Gasteiger partial charge in [-0.3, -0.25) is 0 Å². The SMILES string of the molecule is COCCOc1ccc(Nc2nc(N)ncc2N)cc1.N#CC1CCCC1. The number of nitrogens with two attached hydrogens (primary N) is 2. The van der Waals surface area contributed by atoms with Gasteiger partial charge in [0, 0.05) is 18.7 Å². The van der Waals surface area contributed by atoms with Crippen LogP contribution in [0.1, 0.15) is 25.7 Å². The van der Waals surface area contributed by atoms with Crippen LogP contribution in [-0.2, 0) is 4.74 Å². The average Bonchev–Trinajstić information content (AvgIpc) is 3.21. The van der Waals surface area contributed by atoms with Crippen molar-refractivity contribution in [2.75, 3.05) is 37.1 Å². The molecule has 0 amide bonds. The third-order valence-electron chi connectivity index (χ3n) is 4.05. The molecule has 1 fully saturated rings. The van der Waals surface area contributed by atoms with E-state index in [0.29, 0.717) is 30.6 Å². The first-order valence-electron chi connectivity index (χ1n) is 8.88. The Morgan fingerprint density at radius 1 is 1.19 bits per heavy atom. The number of ether oxygens (including phenoxy) is 2. The molecular weight excluding hydrogens is 344 g/mol. The predicted molar refractivity (Wildman–Crippen MR) is 106 cm³/mol. The van der Waals surface area contributed by atoms with Gasteiger partial charge in [0.15, 0.2) is 5.82 Å². The number of nitriles is 1. The minimum absolute atomic E-state index is 0.168. The van der Waals surface area contributed by atoms with Crippen molar-refractivity contribution in [3.63, 3.8) is 0 Å². The van der Waals surface area contributed by atoms with Crippen molar-refractivity contribution in [2.24, 2.45) is 5.92 Å². The number of methoxy groups -OCH3 is 1. The number of anilines is 4. The number of hydrogen-bond donors (Lipinski definition) is 3. The van der Waals surface area contributed by atoms with E-state index in [2.05, 4.69) is 21.4 Å². The Labute approximate surface area is 159 Å². The quantitative estimate of drug-likeness (QED) is 0.661. The van der Waals surface area contributed by atoms with E-state index in [4.69, 9.17) is 26.2 Å². The topological polar surface area (TPSA) is 132 Å². The summed E-state index contributed by atoms with van der Waals surface area (Å²) in [5.74, 6) is 1.81. The molecule has 27 heavy (non-hydrogen) atoms. The first kappa shape index (κ1) is 20.3. The molecular formula is C19H26N6O2. The molecule has 1 aliphatic rings. The summed E-state index contributed by atoms with van der Waals surface area (Å²) in [7, 11) is 1.63. The Hall–Kier alpha value is -3.05. The van der Waals surface area contributed by atoms with Crippen LogP contribution in [-0.4, -0.2) is 30.3 Å². The van der Waals surface area contributed by atoms with Crippen LogP contribution in [0, 0.1) is 17.2 Å². The zero-order chi connectivity index (χ0) is 19.5. The zero-order valence-electron chi connectivity index (χ0n) is 15.5. The van der Waals surface area contributed by atoms with Gasteiger partial charge in [0.1, 0.15) is 12.4 Å². The van der Waals surface area contributed by atoms with E-state index >= 15 is 0 Å². The normalized spacial score (nSPS) is 13.3. The lowest BCUT2D eigenvalue weighted by Gasteiger charge is -2.10. The van der Waals surface area contributed by atoms with Gasteiger partial charge in [-0.1, -0.05) is 12.8 Å². The van der Waals surface area contributed by atoms with Crippen LogP contribution in [0.2, 0.25) is 0 Å². The fraction of sp³-hybridized carbons (Fsp3) is 0.421. The van der Waals surface area contributed by atoms with Crippen molar-refractivity contribution in [1.82, 2.24) is 9.97 Å². The molecule has 1 aromatic carbocycles. The third kappa shape index (κ3) is 6.99. The monoisotopic (exact) mass is 370 g/mol. The number of nitrogen functional groups attached to an aromatic ring is 2. The van der Waals surface area contributed by atoms with Crippen molar-refractivity contribution in [1.29, 1.82) is 5.26 Å². The van der Waals surface area contributed by atoms with Gasteiger partial charge < -0.3 is 26.3 Å². The van der Waals surface area contributed by atoms with Crippen molar-refractivity contribution in [3.8, 4) is 11.8 Å². The van der Waals surface area contributed by atoms with E-state index in [1.165, 1.54) is 19.0 Å². The number of nitrogens with zero attached hydrogens (tertiary/aromatic N) is 3. The molecule has 5 N–H and O–H groups in total. The van der Waals surface area contributed by atoms with Gasteiger partial charge in [0.25, 0.3) is 0 Å². The Morgan fingerprint density at radius 2 is 1.89 bits per heavy atom. The van der Waals surface area contributed by atoms with Crippen LogP contribution in [0.5, 0.6) is 5.75 Å². The molecule has 3 rings (SSSR count). The van der Waals surface area contributed by atoms with E-state index in [0.717, 1.165) is 24.3 Å². The van der Waals surface area contributed by atoms with Crippen molar-refractivity contribution >= 4 is 23.1 Å². The Balaban J connectivity index is 0.000000313. The van der Waals surface area contributed by atoms with Gasteiger partial charge in [-0.25, -0.2) is 4.98 Å². The van der Waals surface area contributed by atoms with Crippen molar-refractivity contribution in [3.05, 3.63) is 30.5 Å². The molecule has 1 heterocycles. The second-order valence-corrected chi connectivity index (χ2v) is 6.13. The minimum Gasteiger partial charge on any atom is -0.491 e. The molecule has 0 saturated heterocycles. The highest BCUT2D eigenvalue weighted by molar-refractivity contribution is 5.68. The van der Waals surface area contributed by atoms with Crippen LogP contribution < -0.4 is 21.5 Å². The molecule has 2 aromatic rings. The lowest BCUT2D eigenvalue weighted by molar-refractivity contribution is 0.146. The van der Waals surface area contributed by atoms with Gasteiger partial charge in [0.2, 0.25) is 5.95 Å². The number of aromatic nitrogens is 2. The van der Waals surface area contributed by atoms with E-state index < -0.39 is 0 Å². The van der Waals surface area contributed by atoms with Crippen LogP contribution in [0.25, 0.3) is 0 Å². The summed E-state index contributed by atoms with van der Waals surface area (Å²) in [4.78, 5) is 7.84. The van der Waals surface area contributed by atoms with E-state index in [-0.39, 0.29) is 5.95 Å². The lowest BCUT2D eigenvalue weighted by atomic mass is 10.1. The second-order valence-electron chi connectivity index (χ2n) is 6.13.